The van der Waals surface area contributed by atoms with E-state index in [9.17, 15) is 4.39 Å². The molecule has 88 valence electrons. The highest BCUT2D eigenvalue weighted by atomic mass is 35.5. The standard InChI is InChI=1S/C14H8ClFN2/c15-12-5-9-7-17-8-18-14(9)6-11(12)10-3-1-2-4-13(10)16/h1-8H. The molecule has 0 aliphatic heterocycles. The molecule has 0 saturated carbocycles. The Morgan fingerprint density at radius 3 is 2.72 bits per heavy atom. The molecule has 0 spiro atoms. The molecule has 0 bridgehead atoms. The van der Waals surface area contributed by atoms with E-state index in [1.165, 1.54) is 12.4 Å². The molecule has 0 N–H and O–H groups in total. The van der Waals surface area contributed by atoms with Crippen LogP contribution in [0.25, 0.3) is 22.0 Å². The number of fused-ring (bicyclic) bond motifs is 1. The number of nitrogens with zero attached hydrogens (tertiary/aromatic N) is 2. The first kappa shape index (κ1) is 11.1. The summed E-state index contributed by atoms with van der Waals surface area (Å²) in [5.74, 6) is -0.298. The Kier molecular flexibility index (Phi) is 2.68. The first-order valence-electron chi connectivity index (χ1n) is 5.40. The van der Waals surface area contributed by atoms with E-state index in [-0.39, 0.29) is 5.82 Å². The van der Waals surface area contributed by atoms with Crippen LogP contribution in [0.15, 0.2) is 48.9 Å². The summed E-state index contributed by atoms with van der Waals surface area (Å²) in [6.45, 7) is 0. The van der Waals surface area contributed by atoms with Crippen molar-refractivity contribution in [2.45, 2.75) is 0 Å². The van der Waals surface area contributed by atoms with E-state index in [1.54, 1.807) is 36.5 Å². The fraction of sp³-hybridized carbons (Fsp3) is 0. The van der Waals surface area contributed by atoms with Gasteiger partial charge in [-0.1, -0.05) is 29.8 Å². The van der Waals surface area contributed by atoms with Crippen molar-refractivity contribution in [3.05, 3.63) is 59.8 Å². The first-order valence-corrected chi connectivity index (χ1v) is 5.77. The minimum absolute atomic E-state index is 0.298. The van der Waals surface area contributed by atoms with E-state index in [0.29, 0.717) is 16.1 Å². The average Bonchev–Trinajstić information content (AvgIpc) is 2.39. The monoisotopic (exact) mass is 258 g/mol. The third-order valence-electron chi connectivity index (χ3n) is 2.76. The number of halogens is 2. The van der Waals surface area contributed by atoms with Gasteiger partial charge in [0.1, 0.15) is 12.1 Å². The number of rotatable bonds is 1. The van der Waals surface area contributed by atoms with Crippen molar-refractivity contribution >= 4 is 22.5 Å². The molecule has 0 fully saturated rings. The van der Waals surface area contributed by atoms with Gasteiger partial charge in [0.2, 0.25) is 0 Å². The van der Waals surface area contributed by atoms with Crippen LogP contribution in [0, 0.1) is 5.82 Å². The van der Waals surface area contributed by atoms with E-state index in [0.717, 1.165) is 10.9 Å². The Bertz CT molecular complexity index is 728. The highest BCUT2D eigenvalue weighted by Gasteiger charge is 2.10. The van der Waals surface area contributed by atoms with E-state index in [2.05, 4.69) is 9.97 Å². The van der Waals surface area contributed by atoms with Crippen LogP contribution in [0.2, 0.25) is 5.02 Å². The Labute approximate surface area is 108 Å². The van der Waals surface area contributed by atoms with Crippen molar-refractivity contribution in [1.29, 1.82) is 0 Å². The molecule has 3 rings (SSSR count). The summed E-state index contributed by atoms with van der Waals surface area (Å²) < 4.78 is 13.8. The second-order valence-electron chi connectivity index (χ2n) is 3.89. The maximum absolute atomic E-state index is 13.8. The summed E-state index contributed by atoms with van der Waals surface area (Å²) in [6.07, 6.45) is 3.14. The molecular weight excluding hydrogens is 251 g/mol. The average molecular weight is 259 g/mol. The molecule has 1 heterocycles. The highest BCUT2D eigenvalue weighted by molar-refractivity contribution is 6.34. The van der Waals surface area contributed by atoms with Crippen molar-refractivity contribution < 1.29 is 4.39 Å². The number of benzene rings is 2. The van der Waals surface area contributed by atoms with Gasteiger partial charge in [-0.05, 0) is 18.2 Å². The van der Waals surface area contributed by atoms with Crippen LogP contribution in [0.5, 0.6) is 0 Å². The lowest BCUT2D eigenvalue weighted by molar-refractivity contribution is 0.631. The van der Waals surface area contributed by atoms with Gasteiger partial charge in [-0.3, -0.25) is 0 Å². The smallest absolute Gasteiger partial charge is 0.131 e. The van der Waals surface area contributed by atoms with Crippen molar-refractivity contribution in [3.63, 3.8) is 0 Å². The first-order chi connectivity index (χ1) is 8.75. The van der Waals surface area contributed by atoms with Crippen molar-refractivity contribution in [1.82, 2.24) is 9.97 Å². The minimum Gasteiger partial charge on any atom is -0.244 e. The second-order valence-corrected chi connectivity index (χ2v) is 4.30. The van der Waals surface area contributed by atoms with Crippen molar-refractivity contribution in [2.75, 3.05) is 0 Å². The molecule has 18 heavy (non-hydrogen) atoms. The van der Waals surface area contributed by atoms with E-state index >= 15 is 0 Å². The lowest BCUT2D eigenvalue weighted by Crippen LogP contribution is -1.87. The van der Waals surface area contributed by atoms with Gasteiger partial charge in [-0.25, -0.2) is 14.4 Å². The topological polar surface area (TPSA) is 25.8 Å². The fourth-order valence-electron chi connectivity index (χ4n) is 1.89. The van der Waals surface area contributed by atoms with Gasteiger partial charge < -0.3 is 0 Å². The summed E-state index contributed by atoms with van der Waals surface area (Å²) in [7, 11) is 0. The van der Waals surface area contributed by atoms with E-state index < -0.39 is 0 Å². The predicted octanol–water partition coefficient (Wildman–Crippen LogP) is 4.09. The molecule has 2 nitrogen and oxygen atoms in total. The minimum atomic E-state index is -0.298. The summed E-state index contributed by atoms with van der Waals surface area (Å²) >= 11 is 6.19. The quantitative estimate of drug-likeness (QED) is 0.657. The summed E-state index contributed by atoms with van der Waals surface area (Å²) in [5.41, 5.74) is 1.86. The molecule has 0 radical (unpaired) electrons. The third kappa shape index (κ3) is 1.83. The normalized spacial score (nSPS) is 10.8. The number of hydrogen-bond acceptors (Lipinski definition) is 2. The molecule has 2 aromatic carbocycles. The van der Waals surface area contributed by atoms with Crippen molar-refractivity contribution in [2.24, 2.45) is 0 Å². The van der Waals surface area contributed by atoms with Crippen LogP contribution in [-0.4, -0.2) is 9.97 Å². The van der Waals surface area contributed by atoms with E-state index in [1.807, 2.05) is 0 Å². The zero-order chi connectivity index (χ0) is 12.5. The SMILES string of the molecule is Fc1ccccc1-c1cc2ncncc2cc1Cl. The zero-order valence-electron chi connectivity index (χ0n) is 9.27. The Morgan fingerprint density at radius 2 is 1.89 bits per heavy atom. The van der Waals surface area contributed by atoms with Gasteiger partial charge in [0.25, 0.3) is 0 Å². The van der Waals surface area contributed by atoms with Gasteiger partial charge in [0.15, 0.2) is 0 Å². The van der Waals surface area contributed by atoms with Gasteiger partial charge in [0.05, 0.1) is 5.52 Å². The summed E-state index contributed by atoms with van der Waals surface area (Å²) in [4.78, 5) is 8.08. The highest BCUT2D eigenvalue weighted by Crippen LogP contribution is 2.32. The second kappa shape index (κ2) is 4.35. The largest absolute Gasteiger partial charge is 0.244 e. The molecule has 4 heteroatoms. The van der Waals surface area contributed by atoms with Crippen LogP contribution >= 0.6 is 11.6 Å². The zero-order valence-corrected chi connectivity index (χ0v) is 10.0. The molecular formula is C14H8ClFN2. The lowest BCUT2D eigenvalue weighted by Gasteiger charge is -2.07. The van der Waals surface area contributed by atoms with Gasteiger partial charge in [0, 0.05) is 27.7 Å². The molecule has 0 amide bonds. The molecule has 0 atom stereocenters. The van der Waals surface area contributed by atoms with Crippen LogP contribution in [-0.2, 0) is 0 Å². The van der Waals surface area contributed by atoms with Crippen LogP contribution in [0.3, 0.4) is 0 Å². The van der Waals surface area contributed by atoms with Crippen LogP contribution < -0.4 is 0 Å². The van der Waals surface area contributed by atoms with Crippen LogP contribution in [0.4, 0.5) is 4.39 Å². The number of hydrogen-bond donors (Lipinski definition) is 0. The molecule has 0 aliphatic rings. The molecule has 0 saturated heterocycles. The van der Waals surface area contributed by atoms with Gasteiger partial charge in [-0.2, -0.15) is 0 Å². The van der Waals surface area contributed by atoms with E-state index in [4.69, 9.17) is 11.6 Å². The molecule has 3 aromatic rings. The molecule has 1 aromatic heterocycles. The fourth-order valence-corrected chi connectivity index (χ4v) is 2.16. The maximum Gasteiger partial charge on any atom is 0.131 e. The van der Waals surface area contributed by atoms with Crippen molar-refractivity contribution in [3.8, 4) is 11.1 Å². The van der Waals surface area contributed by atoms with Gasteiger partial charge >= 0.3 is 0 Å². The molecule has 0 aliphatic carbocycles. The Balaban J connectivity index is 2.30. The van der Waals surface area contributed by atoms with Crippen LogP contribution in [0.1, 0.15) is 0 Å². The Morgan fingerprint density at radius 1 is 1.06 bits per heavy atom. The summed E-state index contributed by atoms with van der Waals surface area (Å²) in [6, 6.07) is 10.1. The maximum atomic E-state index is 13.8. The Hall–Kier alpha value is -2.00. The lowest BCUT2D eigenvalue weighted by atomic mass is 10.0. The predicted molar refractivity (Wildman–Crippen MR) is 69.9 cm³/mol. The number of aromatic nitrogens is 2. The molecule has 0 unspecified atom stereocenters. The third-order valence-corrected chi connectivity index (χ3v) is 3.07. The van der Waals surface area contributed by atoms with Gasteiger partial charge in [-0.15, -0.1) is 0 Å². The summed E-state index contributed by atoms with van der Waals surface area (Å²) in [5, 5.41) is 1.32.